The lowest BCUT2D eigenvalue weighted by atomic mass is 9.99. The number of ether oxygens (including phenoxy) is 1. The van der Waals surface area contributed by atoms with Gasteiger partial charge in [0, 0.05) is 6.54 Å². The van der Waals surface area contributed by atoms with Crippen LogP contribution in [0.3, 0.4) is 0 Å². The van der Waals surface area contributed by atoms with E-state index in [4.69, 9.17) is 4.74 Å². The van der Waals surface area contributed by atoms with Gasteiger partial charge in [0.2, 0.25) is 5.91 Å². The molecule has 4 heteroatoms. The molecule has 0 saturated carbocycles. The minimum atomic E-state index is -0.284. The summed E-state index contributed by atoms with van der Waals surface area (Å²) < 4.78 is 5.89. The summed E-state index contributed by atoms with van der Waals surface area (Å²) in [5.41, 5.74) is 0.464. The van der Waals surface area contributed by atoms with E-state index in [0.29, 0.717) is 0 Å². The van der Waals surface area contributed by atoms with E-state index in [1.54, 1.807) is 0 Å². The van der Waals surface area contributed by atoms with Crippen LogP contribution in [0.2, 0.25) is 0 Å². The third-order valence-corrected chi connectivity index (χ3v) is 3.23. The van der Waals surface area contributed by atoms with Crippen LogP contribution in [0, 0.1) is 5.92 Å². The summed E-state index contributed by atoms with van der Waals surface area (Å²) in [7, 11) is 0. The molecule has 2 N–H and O–H groups in total. The number of piperidine rings is 1. The molecule has 1 aliphatic heterocycles. The van der Waals surface area contributed by atoms with E-state index in [1.807, 2.05) is 45.0 Å². The van der Waals surface area contributed by atoms with Crippen molar-refractivity contribution in [2.45, 2.75) is 39.2 Å². The highest BCUT2D eigenvalue weighted by Gasteiger charge is 2.22. The lowest BCUT2D eigenvalue weighted by Crippen LogP contribution is -2.37. The number of hydrogen-bond acceptors (Lipinski definition) is 3. The molecule has 0 bridgehead atoms. The maximum Gasteiger partial charge on any atom is 0.228 e. The first-order valence-corrected chi connectivity index (χ1v) is 7.25. The Bertz CT molecular complexity index is 460. The number of nitrogens with one attached hydrogen (secondary N) is 2. The molecule has 1 aromatic rings. The molecule has 1 saturated heterocycles. The standard InChI is InChI=1S/C16H24N2O2/c1-16(2,3)20-14-9-5-4-8-13(14)18-15(19)12-7-6-10-17-11-12/h4-5,8-9,12,17H,6-7,10-11H2,1-3H3,(H,18,19). The molecule has 0 spiro atoms. The maximum atomic E-state index is 12.3. The van der Waals surface area contributed by atoms with E-state index >= 15 is 0 Å². The monoisotopic (exact) mass is 276 g/mol. The van der Waals surface area contributed by atoms with Gasteiger partial charge in [0.25, 0.3) is 0 Å². The second-order valence-electron chi connectivity index (χ2n) is 6.24. The summed E-state index contributed by atoms with van der Waals surface area (Å²) in [6.07, 6.45) is 2.00. The minimum Gasteiger partial charge on any atom is -0.486 e. The zero-order valence-electron chi connectivity index (χ0n) is 12.5. The fourth-order valence-electron chi connectivity index (χ4n) is 2.30. The molecule has 0 aliphatic carbocycles. The van der Waals surface area contributed by atoms with E-state index in [1.165, 1.54) is 0 Å². The Morgan fingerprint density at radius 2 is 2.10 bits per heavy atom. The van der Waals surface area contributed by atoms with Gasteiger partial charge in [0.1, 0.15) is 11.4 Å². The normalized spacial score (nSPS) is 19.4. The third-order valence-electron chi connectivity index (χ3n) is 3.23. The van der Waals surface area contributed by atoms with Crippen molar-refractivity contribution in [3.8, 4) is 5.75 Å². The van der Waals surface area contributed by atoms with Gasteiger partial charge in [-0.2, -0.15) is 0 Å². The number of hydrogen-bond donors (Lipinski definition) is 2. The second-order valence-corrected chi connectivity index (χ2v) is 6.24. The Morgan fingerprint density at radius 3 is 2.75 bits per heavy atom. The van der Waals surface area contributed by atoms with Crippen LogP contribution in [0.15, 0.2) is 24.3 Å². The lowest BCUT2D eigenvalue weighted by Gasteiger charge is -2.25. The fraction of sp³-hybridized carbons (Fsp3) is 0.562. The minimum absolute atomic E-state index is 0.0476. The van der Waals surface area contributed by atoms with Crippen molar-refractivity contribution in [3.05, 3.63) is 24.3 Å². The molecule has 20 heavy (non-hydrogen) atoms. The zero-order valence-corrected chi connectivity index (χ0v) is 12.5. The van der Waals surface area contributed by atoms with Crippen molar-refractivity contribution in [2.75, 3.05) is 18.4 Å². The summed E-state index contributed by atoms with van der Waals surface area (Å²) in [6.45, 7) is 7.76. The molecular weight excluding hydrogens is 252 g/mol. The molecule has 0 radical (unpaired) electrons. The Morgan fingerprint density at radius 1 is 1.35 bits per heavy atom. The van der Waals surface area contributed by atoms with Crippen molar-refractivity contribution in [1.29, 1.82) is 0 Å². The third kappa shape index (κ3) is 4.23. The van der Waals surface area contributed by atoms with Gasteiger partial charge < -0.3 is 15.4 Å². The molecule has 1 amide bonds. The van der Waals surface area contributed by atoms with Crippen LogP contribution >= 0.6 is 0 Å². The van der Waals surface area contributed by atoms with Gasteiger partial charge in [-0.05, 0) is 52.3 Å². The molecule has 1 fully saturated rings. The SMILES string of the molecule is CC(C)(C)Oc1ccccc1NC(=O)C1CCCNC1. The summed E-state index contributed by atoms with van der Waals surface area (Å²) in [4.78, 5) is 12.3. The number of benzene rings is 1. The smallest absolute Gasteiger partial charge is 0.228 e. The number of rotatable bonds is 3. The van der Waals surface area contributed by atoms with Crippen LogP contribution < -0.4 is 15.4 Å². The number of carbonyl (C=O) groups is 1. The van der Waals surface area contributed by atoms with Crippen molar-refractivity contribution in [2.24, 2.45) is 5.92 Å². The van der Waals surface area contributed by atoms with Gasteiger partial charge in [-0.25, -0.2) is 0 Å². The molecule has 1 aromatic carbocycles. The molecule has 1 atom stereocenters. The first kappa shape index (κ1) is 14.9. The van der Waals surface area contributed by atoms with Gasteiger partial charge in [-0.1, -0.05) is 12.1 Å². The van der Waals surface area contributed by atoms with Gasteiger partial charge in [0.15, 0.2) is 0 Å². The summed E-state index contributed by atoms with van der Waals surface area (Å²) >= 11 is 0. The summed E-state index contributed by atoms with van der Waals surface area (Å²) in [5, 5.41) is 6.26. The number of carbonyl (C=O) groups excluding carboxylic acids is 1. The average molecular weight is 276 g/mol. The summed E-state index contributed by atoms with van der Waals surface area (Å²) in [5.74, 6) is 0.839. The van der Waals surface area contributed by atoms with Gasteiger partial charge in [-0.15, -0.1) is 0 Å². The van der Waals surface area contributed by atoms with E-state index in [-0.39, 0.29) is 17.4 Å². The molecule has 1 unspecified atom stereocenters. The second kappa shape index (κ2) is 6.27. The Balaban J connectivity index is 2.06. The highest BCUT2D eigenvalue weighted by atomic mass is 16.5. The predicted molar refractivity (Wildman–Crippen MR) is 81.0 cm³/mol. The molecule has 0 aromatic heterocycles. The molecule has 4 nitrogen and oxygen atoms in total. The van der Waals surface area contributed by atoms with Crippen LogP contribution in [0.1, 0.15) is 33.6 Å². The number of amides is 1. The van der Waals surface area contributed by atoms with E-state index in [2.05, 4.69) is 10.6 Å². The van der Waals surface area contributed by atoms with Crippen molar-refractivity contribution in [3.63, 3.8) is 0 Å². The van der Waals surface area contributed by atoms with Crippen molar-refractivity contribution in [1.82, 2.24) is 5.32 Å². The molecule has 1 aliphatic rings. The van der Waals surface area contributed by atoms with Crippen LogP contribution in [-0.2, 0) is 4.79 Å². The molecule has 110 valence electrons. The Kier molecular flexibility index (Phi) is 4.65. The summed E-state index contributed by atoms with van der Waals surface area (Å²) in [6, 6.07) is 7.60. The van der Waals surface area contributed by atoms with Crippen LogP contribution in [0.5, 0.6) is 5.75 Å². The highest BCUT2D eigenvalue weighted by molar-refractivity contribution is 5.94. The largest absolute Gasteiger partial charge is 0.486 e. The van der Waals surface area contributed by atoms with Crippen molar-refractivity contribution >= 4 is 11.6 Å². The van der Waals surface area contributed by atoms with Crippen molar-refractivity contribution < 1.29 is 9.53 Å². The predicted octanol–water partition coefficient (Wildman–Crippen LogP) is 2.80. The number of anilines is 1. The Hall–Kier alpha value is -1.55. The van der Waals surface area contributed by atoms with Gasteiger partial charge >= 0.3 is 0 Å². The van der Waals surface area contributed by atoms with Crippen LogP contribution in [0.4, 0.5) is 5.69 Å². The Labute approximate surface area is 120 Å². The molecular formula is C16H24N2O2. The first-order chi connectivity index (χ1) is 9.46. The average Bonchev–Trinajstić information content (AvgIpc) is 2.40. The first-order valence-electron chi connectivity index (χ1n) is 7.25. The topological polar surface area (TPSA) is 50.4 Å². The van der Waals surface area contributed by atoms with E-state index in [0.717, 1.165) is 37.4 Å². The molecule has 1 heterocycles. The fourth-order valence-corrected chi connectivity index (χ4v) is 2.30. The lowest BCUT2D eigenvalue weighted by molar-refractivity contribution is -0.120. The molecule has 2 rings (SSSR count). The quantitative estimate of drug-likeness (QED) is 0.892. The van der Waals surface area contributed by atoms with Crippen LogP contribution in [-0.4, -0.2) is 24.6 Å². The van der Waals surface area contributed by atoms with E-state index < -0.39 is 0 Å². The maximum absolute atomic E-state index is 12.3. The zero-order chi connectivity index (χ0) is 14.6. The van der Waals surface area contributed by atoms with E-state index in [9.17, 15) is 4.79 Å². The van der Waals surface area contributed by atoms with Gasteiger partial charge in [-0.3, -0.25) is 4.79 Å². The highest BCUT2D eigenvalue weighted by Crippen LogP contribution is 2.28. The van der Waals surface area contributed by atoms with Gasteiger partial charge in [0.05, 0.1) is 11.6 Å². The van der Waals surface area contributed by atoms with Crippen LogP contribution in [0.25, 0.3) is 0 Å². The number of para-hydroxylation sites is 2.